The van der Waals surface area contributed by atoms with Crippen molar-refractivity contribution >= 4 is 5.91 Å². The Labute approximate surface area is 177 Å². The lowest BCUT2D eigenvalue weighted by molar-refractivity contribution is -0.274. The number of ether oxygens (including phenoxy) is 2. The van der Waals surface area contributed by atoms with Crippen molar-refractivity contribution in [3.05, 3.63) is 66.7 Å². The molecule has 0 saturated heterocycles. The lowest BCUT2D eigenvalue weighted by Gasteiger charge is -2.17. The van der Waals surface area contributed by atoms with Crippen LogP contribution in [0.5, 0.6) is 5.75 Å². The summed E-state index contributed by atoms with van der Waals surface area (Å²) >= 11 is 0. The Morgan fingerprint density at radius 2 is 1.87 bits per heavy atom. The van der Waals surface area contributed by atoms with Crippen LogP contribution in [-0.2, 0) is 4.74 Å². The van der Waals surface area contributed by atoms with Gasteiger partial charge in [0.2, 0.25) is 0 Å². The van der Waals surface area contributed by atoms with Crippen molar-refractivity contribution in [1.82, 2.24) is 14.9 Å². The molecule has 0 aliphatic carbocycles. The van der Waals surface area contributed by atoms with Crippen LogP contribution in [0.3, 0.4) is 0 Å². The summed E-state index contributed by atoms with van der Waals surface area (Å²) in [6.07, 6.45) is -1.09. The second-order valence-corrected chi connectivity index (χ2v) is 6.81. The molecule has 1 N–H and O–H groups in total. The number of aromatic nitrogens is 2. The molecule has 1 atom stereocenters. The Bertz CT molecular complexity index is 1030. The molecule has 3 aromatic rings. The highest BCUT2D eigenvalue weighted by Gasteiger charge is 2.31. The van der Waals surface area contributed by atoms with E-state index in [1.165, 1.54) is 30.7 Å². The Morgan fingerprint density at radius 1 is 1.16 bits per heavy atom. The SMILES string of the molecule is CCC(COC)NC(=O)c1cncn1-c1cccc(-c2cccc(OC(F)(F)F)c2)c1. The standard InChI is InChI=1S/C22H22F3N3O3/c1-3-17(13-30-2)27-21(29)20-12-26-14-28(20)18-8-4-6-15(10-18)16-7-5-9-19(11-16)31-22(23,24)25/h4-12,14,17H,3,13H2,1-2H3,(H,27,29). The van der Waals surface area contributed by atoms with Crippen LogP contribution in [0.25, 0.3) is 16.8 Å². The number of amides is 1. The number of hydrogen-bond donors (Lipinski definition) is 1. The number of rotatable bonds is 8. The summed E-state index contributed by atoms with van der Waals surface area (Å²) in [6.45, 7) is 2.34. The van der Waals surface area contributed by atoms with Gasteiger partial charge in [0.1, 0.15) is 11.4 Å². The summed E-state index contributed by atoms with van der Waals surface area (Å²) in [5, 5.41) is 2.91. The number of carbonyl (C=O) groups excluding carboxylic acids is 1. The molecule has 1 unspecified atom stereocenters. The highest BCUT2D eigenvalue weighted by atomic mass is 19.4. The molecule has 0 radical (unpaired) electrons. The second kappa shape index (κ2) is 9.65. The van der Waals surface area contributed by atoms with E-state index >= 15 is 0 Å². The summed E-state index contributed by atoms with van der Waals surface area (Å²) < 4.78 is 48.3. The number of benzene rings is 2. The highest BCUT2D eigenvalue weighted by molar-refractivity contribution is 5.93. The predicted octanol–water partition coefficient (Wildman–Crippen LogP) is 4.59. The van der Waals surface area contributed by atoms with Crippen LogP contribution in [0.2, 0.25) is 0 Å². The van der Waals surface area contributed by atoms with Gasteiger partial charge in [-0.15, -0.1) is 13.2 Å². The molecule has 31 heavy (non-hydrogen) atoms. The highest BCUT2D eigenvalue weighted by Crippen LogP contribution is 2.29. The topological polar surface area (TPSA) is 65.4 Å². The number of imidazole rings is 1. The lowest BCUT2D eigenvalue weighted by atomic mass is 10.0. The Kier molecular flexibility index (Phi) is 6.96. The number of methoxy groups -OCH3 is 1. The average Bonchev–Trinajstić information content (AvgIpc) is 3.22. The van der Waals surface area contributed by atoms with Crippen molar-refractivity contribution in [3.63, 3.8) is 0 Å². The Balaban J connectivity index is 1.88. The molecule has 0 fully saturated rings. The monoisotopic (exact) mass is 433 g/mol. The van der Waals surface area contributed by atoms with Gasteiger partial charge < -0.3 is 14.8 Å². The van der Waals surface area contributed by atoms with E-state index in [2.05, 4.69) is 15.0 Å². The van der Waals surface area contributed by atoms with Crippen molar-refractivity contribution in [2.45, 2.75) is 25.7 Å². The van der Waals surface area contributed by atoms with Gasteiger partial charge in [-0.3, -0.25) is 9.36 Å². The first-order valence-corrected chi connectivity index (χ1v) is 9.59. The van der Waals surface area contributed by atoms with Crippen molar-refractivity contribution in [2.24, 2.45) is 0 Å². The van der Waals surface area contributed by atoms with Crippen LogP contribution >= 0.6 is 0 Å². The fraction of sp³-hybridized carbons (Fsp3) is 0.273. The second-order valence-electron chi connectivity index (χ2n) is 6.81. The maximum atomic E-state index is 12.7. The summed E-state index contributed by atoms with van der Waals surface area (Å²) in [4.78, 5) is 16.8. The average molecular weight is 433 g/mol. The molecule has 1 aromatic heterocycles. The van der Waals surface area contributed by atoms with Gasteiger partial charge in [-0.1, -0.05) is 31.2 Å². The molecule has 164 valence electrons. The zero-order chi connectivity index (χ0) is 22.4. The van der Waals surface area contributed by atoms with E-state index in [0.29, 0.717) is 35.5 Å². The van der Waals surface area contributed by atoms with Gasteiger partial charge >= 0.3 is 6.36 Å². The molecule has 6 nitrogen and oxygen atoms in total. The molecule has 0 saturated carbocycles. The van der Waals surface area contributed by atoms with Crippen molar-refractivity contribution in [3.8, 4) is 22.6 Å². The third-order valence-corrected chi connectivity index (χ3v) is 4.59. The van der Waals surface area contributed by atoms with E-state index in [0.717, 1.165) is 0 Å². The summed E-state index contributed by atoms with van der Waals surface area (Å²) in [7, 11) is 1.57. The number of halogens is 3. The minimum absolute atomic E-state index is 0.136. The lowest BCUT2D eigenvalue weighted by Crippen LogP contribution is -2.38. The molecule has 2 aromatic carbocycles. The Morgan fingerprint density at radius 3 is 2.55 bits per heavy atom. The van der Waals surface area contributed by atoms with Crippen molar-refractivity contribution < 1.29 is 27.4 Å². The third-order valence-electron chi connectivity index (χ3n) is 4.59. The van der Waals surface area contributed by atoms with Crippen LogP contribution in [-0.4, -0.2) is 41.6 Å². The first-order chi connectivity index (χ1) is 14.8. The van der Waals surface area contributed by atoms with E-state index < -0.39 is 6.36 Å². The minimum Gasteiger partial charge on any atom is -0.406 e. The van der Waals surface area contributed by atoms with Gasteiger partial charge in [0.05, 0.1) is 25.2 Å². The van der Waals surface area contributed by atoms with Crippen LogP contribution < -0.4 is 10.1 Å². The number of alkyl halides is 3. The zero-order valence-electron chi connectivity index (χ0n) is 17.0. The fourth-order valence-corrected chi connectivity index (χ4v) is 3.10. The van der Waals surface area contributed by atoms with Crippen LogP contribution in [0.4, 0.5) is 13.2 Å². The van der Waals surface area contributed by atoms with E-state index in [4.69, 9.17) is 4.74 Å². The quantitative estimate of drug-likeness (QED) is 0.564. The summed E-state index contributed by atoms with van der Waals surface area (Å²) in [5.74, 6) is -0.603. The molecule has 0 bridgehead atoms. The Hall–Kier alpha value is -3.33. The first kappa shape index (κ1) is 22.4. The van der Waals surface area contributed by atoms with Gasteiger partial charge in [-0.05, 0) is 41.8 Å². The van der Waals surface area contributed by atoms with Crippen LogP contribution in [0, 0.1) is 0 Å². The van der Waals surface area contributed by atoms with Crippen molar-refractivity contribution in [1.29, 1.82) is 0 Å². The van der Waals surface area contributed by atoms with Gasteiger partial charge in [0.15, 0.2) is 0 Å². The van der Waals surface area contributed by atoms with Crippen LogP contribution in [0.1, 0.15) is 23.8 Å². The maximum absolute atomic E-state index is 12.7. The predicted molar refractivity (Wildman–Crippen MR) is 109 cm³/mol. The molecular weight excluding hydrogens is 411 g/mol. The largest absolute Gasteiger partial charge is 0.573 e. The number of nitrogens with zero attached hydrogens (tertiary/aromatic N) is 2. The molecular formula is C22H22F3N3O3. The van der Waals surface area contributed by atoms with Gasteiger partial charge in [0.25, 0.3) is 5.91 Å². The van der Waals surface area contributed by atoms with E-state index in [1.807, 2.05) is 6.92 Å². The number of nitrogens with one attached hydrogen (secondary N) is 1. The molecule has 0 aliphatic rings. The smallest absolute Gasteiger partial charge is 0.406 e. The van der Waals surface area contributed by atoms with Crippen LogP contribution in [0.15, 0.2) is 61.1 Å². The summed E-state index contributed by atoms with van der Waals surface area (Å²) in [6, 6.07) is 12.6. The zero-order valence-corrected chi connectivity index (χ0v) is 17.0. The molecule has 9 heteroatoms. The fourth-order valence-electron chi connectivity index (χ4n) is 3.10. The van der Waals surface area contributed by atoms with Gasteiger partial charge in [0, 0.05) is 12.8 Å². The summed E-state index contributed by atoms with van der Waals surface area (Å²) in [5.41, 5.74) is 2.18. The molecule has 3 rings (SSSR count). The van der Waals surface area contributed by atoms with Gasteiger partial charge in [-0.2, -0.15) is 0 Å². The maximum Gasteiger partial charge on any atom is 0.573 e. The van der Waals surface area contributed by atoms with E-state index in [-0.39, 0.29) is 17.7 Å². The normalized spacial score (nSPS) is 12.4. The van der Waals surface area contributed by atoms with Gasteiger partial charge in [-0.25, -0.2) is 4.98 Å². The van der Waals surface area contributed by atoms with E-state index in [1.54, 1.807) is 42.0 Å². The molecule has 1 heterocycles. The third kappa shape index (κ3) is 5.85. The number of carbonyl (C=O) groups is 1. The van der Waals surface area contributed by atoms with E-state index in [9.17, 15) is 18.0 Å². The molecule has 1 amide bonds. The first-order valence-electron chi connectivity index (χ1n) is 9.59. The number of hydrogen-bond acceptors (Lipinski definition) is 4. The molecule has 0 spiro atoms. The van der Waals surface area contributed by atoms with Crippen molar-refractivity contribution in [2.75, 3.05) is 13.7 Å². The molecule has 0 aliphatic heterocycles. The minimum atomic E-state index is -4.77.